The van der Waals surface area contributed by atoms with Crippen molar-refractivity contribution in [3.63, 3.8) is 0 Å². The molecule has 0 saturated carbocycles. The Hall–Kier alpha value is -1.58. The number of piperidine rings is 1. The van der Waals surface area contributed by atoms with Gasteiger partial charge < -0.3 is 10.0 Å². The predicted molar refractivity (Wildman–Crippen MR) is 69.0 cm³/mol. The Morgan fingerprint density at radius 2 is 2.06 bits per heavy atom. The second-order valence-electron chi connectivity index (χ2n) is 4.28. The fraction of sp³-hybridized carbons (Fsp3) is 0.538. The number of carboxylic acid groups (broad SMARTS) is 1. The Kier molecular flexibility index (Phi) is 4.94. The van der Waals surface area contributed by atoms with E-state index in [1.165, 1.54) is 0 Å². The Labute approximate surface area is 102 Å². The van der Waals surface area contributed by atoms with Crippen LogP contribution < -0.4 is 0 Å². The zero-order chi connectivity index (χ0) is 12.8. The lowest BCUT2D eigenvalue weighted by molar-refractivity contribution is -0.143. The number of aliphatic imine (C=N–C) groups is 1. The molecule has 0 atom stereocenters. The highest BCUT2D eigenvalue weighted by atomic mass is 16.4. The topological polar surface area (TPSA) is 52.9 Å². The summed E-state index contributed by atoms with van der Waals surface area (Å²) in [6.07, 6.45) is 5.05. The number of likely N-dealkylation sites (tertiary alicyclic amines) is 1. The number of rotatable bonds is 4. The summed E-state index contributed by atoms with van der Waals surface area (Å²) in [5, 5.41) is 8.90. The molecule has 0 aromatic rings. The lowest BCUT2D eigenvalue weighted by Crippen LogP contribution is -2.35. The minimum atomic E-state index is -0.686. The van der Waals surface area contributed by atoms with E-state index in [1.807, 2.05) is 19.9 Å². The van der Waals surface area contributed by atoms with Crippen LogP contribution in [0.1, 0.15) is 26.7 Å². The van der Waals surface area contributed by atoms with Crippen LogP contribution in [0.25, 0.3) is 0 Å². The van der Waals surface area contributed by atoms with E-state index < -0.39 is 5.97 Å². The van der Waals surface area contributed by atoms with Crippen LogP contribution >= 0.6 is 0 Å². The Morgan fingerprint density at radius 1 is 1.47 bits per heavy atom. The van der Waals surface area contributed by atoms with E-state index >= 15 is 0 Å². The van der Waals surface area contributed by atoms with Crippen molar-refractivity contribution in [3.8, 4) is 0 Å². The smallest absolute Gasteiger partial charge is 0.306 e. The fourth-order valence-corrected chi connectivity index (χ4v) is 1.75. The first-order valence-electron chi connectivity index (χ1n) is 5.88. The first-order chi connectivity index (χ1) is 8.04. The Morgan fingerprint density at radius 3 is 2.53 bits per heavy atom. The highest BCUT2D eigenvalue weighted by Gasteiger charge is 2.24. The maximum absolute atomic E-state index is 10.8. The predicted octanol–water partition coefficient (Wildman–Crippen LogP) is 2.29. The molecule has 4 heteroatoms. The molecule has 0 amide bonds. The SMILES string of the molecule is C=C(C=N/C(C)=C\C)N1CCC(C(=O)O)CC1. The van der Waals surface area contributed by atoms with Crippen LogP contribution in [0.2, 0.25) is 0 Å². The molecule has 1 aliphatic rings. The lowest BCUT2D eigenvalue weighted by atomic mass is 9.97. The Bertz CT molecular complexity index is 350. The second kappa shape index (κ2) is 6.23. The van der Waals surface area contributed by atoms with Crippen LogP contribution in [0.15, 0.2) is 29.0 Å². The molecule has 1 heterocycles. The molecular formula is C13H20N2O2. The molecule has 0 aliphatic carbocycles. The summed E-state index contributed by atoms with van der Waals surface area (Å²) in [6.45, 7) is 9.32. The van der Waals surface area contributed by atoms with Crippen molar-refractivity contribution in [1.29, 1.82) is 0 Å². The van der Waals surface area contributed by atoms with E-state index in [0.717, 1.165) is 24.5 Å². The molecular weight excluding hydrogens is 216 g/mol. The lowest BCUT2D eigenvalue weighted by Gasteiger charge is -2.31. The van der Waals surface area contributed by atoms with Crippen molar-refractivity contribution in [2.75, 3.05) is 13.1 Å². The quantitative estimate of drug-likeness (QED) is 0.762. The van der Waals surface area contributed by atoms with Crippen molar-refractivity contribution < 1.29 is 9.90 Å². The third kappa shape index (κ3) is 4.06. The highest BCUT2D eigenvalue weighted by Crippen LogP contribution is 2.19. The number of carbonyl (C=O) groups is 1. The van der Waals surface area contributed by atoms with E-state index in [-0.39, 0.29) is 5.92 Å². The number of carboxylic acids is 1. The van der Waals surface area contributed by atoms with Crippen molar-refractivity contribution >= 4 is 12.2 Å². The van der Waals surface area contributed by atoms with Gasteiger partial charge in [0.25, 0.3) is 0 Å². The van der Waals surface area contributed by atoms with E-state index in [4.69, 9.17) is 5.11 Å². The standard InChI is InChI=1S/C13H20N2O2/c1-4-10(2)14-9-11(3)15-7-5-12(6-8-15)13(16)17/h4,9,12H,3,5-8H2,1-2H3,(H,16,17)/b10-4-,14-9?. The van der Waals surface area contributed by atoms with E-state index in [9.17, 15) is 4.79 Å². The molecule has 1 N–H and O–H groups in total. The molecule has 0 radical (unpaired) electrons. The van der Waals surface area contributed by atoms with Gasteiger partial charge >= 0.3 is 5.97 Å². The van der Waals surface area contributed by atoms with Crippen LogP contribution in [0.3, 0.4) is 0 Å². The van der Waals surface area contributed by atoms with Gasteiger partial charge in [0.15, 0.2) is 0 Å². The molecule has 0 aromatic carbocycles. The third-order valence-corrected chi connectivity index (χ3v) is 3.09. The third-order valence-electron chi connectivity index (χ3n) is 3.09. The van der Waals surface area contributed by atoms with Crippen LogP contribution in [0.5, 0.6) is 0 Å². The summed E-state index contributed by atoms with van der Waals surface area (Å²) in [6, 6.07) is 0. The molecule has 0 spiro atoms. The monoisotopic (exact) mass is 236 g/mol. The summed E-state index contributed by atoms with van der Waals surface area (Å²) >= 11 is 0. The maximum atomic E-state index is 10.8. The summed E-state index contributed by atoms with van der Waals surface area (Å²) in [5.41, 5.74) is 1.81. The largest absolute Gasteiger partial charge is 0.481 e. The zero-order valence-electron chi connectivity index (χ0n) is 10.5. The molecule has 4 nitrogen and oxygen atoms in total. The van der Waals surface area contributed by atoms with Gasteiger partial charge in [-0.1, -0.05) is 12.7 Å². The number of allylic oxidation sites excluding steroid dienone is 3. The first-order valence-corrected chi connectivity index (χ1v) is 5.88. The van der Waals surface area contributed by atoms with Gasteiger partial charge in [-0.25, -0.2) is 0 Å². The Balaban J connectivity index is 2.46. The van der Waals surface area contributed by atoms with Gasteiger partial charge in [0, 0.05) is 30.7 Å². The van der Waals surface area contributed by atoms with E-state index in [2.05, 4.69) is 16.5 Å². The molecule has 0 unspecified atom stereocenters. The van der Waals surface area contributed by atoms with Crippen molar-refractivity contribution in [2.45, 2.75) is 26.7 Å². The van der Waals surface area contributed by atoms with Gasteiger partial charge in [0.1, 0.15) is 0 Å². The average molecular weight is 236 g/mol. The van der Waals surface area contributed by atoms with Gasteiger partial charge in [0.2, 0.25) is 0 Å². The minimum Gasteiger partial charge on any atom is -0.481 e. The zero-order valence-corrected chi connectivity index (χ0v) is 10.5. The number of hydrogen-bond donors (Lipinski definition) is 1. The number of nitrogens with zero attached hydrogens (tertiary/aromatic N) is 2. The van der Waals surface area contributed by atoms with Gasteiger partial charge in [-0.05, 0) is 26.7 Å². The summed E-state index contributed by atoms with van der Waals surface area (Å²) in [5.74, 6) is -0.887. The number of aliphatic carboxylic acids is 1. The summed E-state index contributed by atoms with van der Waals surface area (Å²) in [7, 11) is 0. The normalized spacial score (nSPS) is 18.7. The molecule has 0 aromatic heterocycles. The highest BCUT2D eigenvalue weighted by molar-refractivity contribution is 5.78. The minimum absolute atomic E-state index is 0.201. The fourth-order valence-electron chi connectivity index (χ4n) is 1.75. The molecule has 1 saturated heterocycles. The van der Waals surface area contributed by atoms with Crippen LogP contribution in [-0.4, -0.2) is 35.3 Å². The second-order valence-corrected chi connectivity index (χ2v) is 4.28. The van der Waals surface area contributed by atoms with Gasteiger partial charge in [-0.15, -0.1) is 0 Å². The van der Waals surface area contributed by atoms with Crippen molar-refractivity contribution in [2.24, 2.45) is 10.9 Å². The van der Waals surface area contributed by atoms with E-state index in [0.29, 0.717) is 12.8 Å². The average Bonchev–Trinajstić information content (AvgIpc) is 2.35. The summed E-state index contributed by atoms with van der Waals surface area (Å²) in [4.78, 5) is 17.1. The van der Waals surface area contributed by atoms with Gasteiger partial charge in [-0.3, -0.25) is 9.79 Å². The molecule has 1 aliphatic heterocycles. The molecule has 0 bridgehead atoms. The van der Waals surface area contributed by atoms with E-state index in [1.54, 1.807) is 6.21 Å². The van der Waals surface area contributed by atoms with Crippen LogP contribution in [0, 0.1) is 5.92 Å². The molecule has 1 rings (SSSR count). The van der Waals surface area contributed by atoms with Gasteiger partial charge in [-0.2, -0.15) is 0 Å². The number of hydrogen-bond acceptors (Lipinski definition) is 3. The molecule has 94 valence electrons. The summed E-state index contributed by atoms with van der Waals surface area (Å²) < 4.78 is 0. The van der Waals surface area contributed by atoms with Crippen molar-refractivity contribution in [3.05, 3.63) is 24.0 Å². The maximum Gasteiger partial charge on any atom is 0.306 e. The van der Waals surface area contributed by atoms with Gasteiger partial charge in [0.05, 0.1) is 5.92 Å². The van der Waals surface area contributed by atoms with Crippen molar-refractivity contribution in [1.82, 2.24) is 4.90 Å². The van der Waals surface area contributed by atoms with Crippen LogP contribution in [0.4, 0.5) is 0 Å². The molecule has 17 heavy (non-hydrogen) atoms. The first kappa shape index (κ1) is 13.5. The van der Waals surface area contributed by atoms with Crippen LogP contribution in [-0.2, 0) is 4.79 Å². The molecule has 1 fully saturated rings.